The highest BCUT2D eigenvalue weighted by Gasteiger charge is 2.31. The third kappa shape index (κ3) is 6.69. The molecular weight excluding hydrogens is 406 g/mol. The van der Waals surface area contributed by atoms with E-state index in [9.17, 15) is 18.0 Å². The van der Waals surface area contributed by atoms with Crippen molar-refractivity contribution in [3.8, 4) is 0 Å². The fourth-order valence-corrected chi connectivity index (χ4v) is 3.64. The number of aryl methyl sites for hydroxylation is 2. The average molecular weight is 436 g/mol. The van der Waals surface area contributed by atoms with Crippen molar-refractivity contribution in [2.24, 2.45) is 0 Å². The number of aromatic amines is 1. The van der Waals surface area contributed by atoms with Crippen LogP contribution in [0.2, 0.25) is 0 Å². The topological polar surface area (TPSA) is 118 Å². The smallest absolute Gasteiger partial charge is 0.305 e. The monoisotopic (exact) mass is 435 g/mol. The molecular formula is C21H29N3O5S. The summed E-state index contributed by atoms with van der Waals surface area (Å²) in [5.74, 6) is -0.364. The van der Waals surface area contributed by atoms with E-state index in [1.165, 1.54) is 7.11 Å². The molecule has 0 unspecified atom stereocenters. The SMILES string of the molecule is COC(=O)CCc1nc(NC(=O)CCc2ccccc2)c(CS(=O)(=O)C(C)(C)C)[nH]1. The summed E-state index contributed by atoms with van der Waals surface area (Å²) in [6, 6.07) is 9.60. The average Bonchev–Trinajstić information content (AvgIpc) is 3.05. The molecule has 164 valence electrons. The number of sulfone groups is 1. The highest BCUT2D eigenvalue weighted by Crippen LogP contribution is 2.24. The van der Waals surface area contributed by atoms with E-state index >= 15 is 0 Å². The number of esters is 1. The summed E-state index contributed by atoms with van der Waals surface area (Å²) < 4.78 is 29.0. The second kappa shape index (κ2) is 9.88. The molecule has 0 radical (unpaired) electrons. The Kier molecular flexibility index (Phi) is 7.77. The van der Waals surface area contributed by atoms with Crippen molar-refractivity contribution in [3.05, 3.63) is 47.4 Å². The van der Waals surface area contributed by atoms with Crippen molar-refractivity contribution in [2.75, 3.05) is 12.4 Å². The van der Waals surface area contributed by atoms with Crippen molar-refractivity contribution in [3.63, 3.8) is 0 Å². The maximum Gasteiger partial charge on any atom is 0.305 e. The van der Waals surface area contributed by atoms with Gasteiger partial charge in [0.15, 0.2) is 15.7 Å². The number of hydrogen-bond donors (Lipinski definition) is 2. The van der Waals surface area contributed by atoms with Gasteiger partial charge < -0.3 is 15.0 Å². The Balaban J connectivity index is 2.16. The number of nitrogens with zero attached hydrogens (tertiary/aromatic N) is 1. The van der Waals surface area contributed by atoms with Crippen LogP contribution in [0.25, 0.3) is 0 Å². The van der Waals surface area contributed by atoms with Crippen molar-refractivity contribution >= 4 is 27.5 Å². The Bertz CT molecular complexity index is 976. The minimum absolute atomic E-state index is 0.0941. The van der Waals surface area contributed by atoms with E-state index in [2.05, 4.69) is 20.0 Å². The van der Waals surface area contributed by atoms with E-state index < -0.39 is 20.6 Å². The fraction of sp³-hybridized carbons (Fsp3) is 0.476. The Morgan fingerprint density at radius 2 is 1.77 bits per heavy atom. The molecule has 1 heterocycles. The zero-order valence-corrected chi connectivity index (χ0v) is 18.6. The Labute approximate surface area is 177 Å². The number of benzene rings is 1. The molecule has 1 aromatic carbocycles. The second-order valence-electron chi connectivity index (χ2n) is 7.99. The number of hydrogen-bond acceptors (Lipinski definition) is 6. The molecule has 0 spiro atoms. The first kappa shape index (κ1) is 23.6. The van der Waals surface area contributed by atoms with Gasteiger partial charge in [0.2, 0.25) is 5.91 Å². The van der Waals surface area contributed by atoms with Gasteiger partial charge >= 0.3 is 5.97 Å². The molecule has 8 nitrogen and oxygen atoms in total. The summed E-state index contributed by atoms with van der Waals surface area (Å²) in [4.78, 5) is 31.1. The Hall–Kier alpha value is -2.68. The molecule has 1 aromatic heterocycles. The highest BCUT2D eigenvalue weighted by atomic mass is 32.2. The molecule has 0 fully saturated rings. The molecule has 0 atom stereocenters. The predicted molar refractivity (Wildman–Crippen MR) is 115 cm³/mol. The maximum atomic E-state index is 12.7. The van der Waals surface area contributed by atoms with Crippen molar-refractivity contribution in [1.29, 1.82) is 0 Å². The summed E-state index contributed by atoms with van der Waals surface area (Å²) >= 11 is 0. The number of carbonyl (C=O) groups is 2. The summed E-state index contributed by atoms with van der Waals surface area (Å²) in [5.41, 5.74) is 1.34. The molecule has 2 N–H and O–H groups in total. The van der Waals surface area contributed by atoms with E-state index in [1.807, 2.05) is 30.3 Å². The quantitative estimate of drug-likeness (QED) is 0.585. The van der Waals surface area contributed by atoms with Gasteiger partial charge in [-0.15, -0.1) is 0 Å². The standard InChI is InChI=1S/C21H29N3O5S/c1-21(2,3)30(27,28)14-16-20(23-17(22-16)11-13-19(26)29-4)24-18(25)12-10-15-8-6-5-7-9-15/h5-9H,10-14H2,1-4H3,(H,22,23)(H,24,25). The van der Waals surface area contributed by atoms with E-state index in [1.54, 1.807) is 20.8 Å². The Morgan fingerprint density at radius 3 is 2.37 bits per heavy atom. The number of methoxy groups -OCH3 is 1. The van der Waals surface area contributed by atoms with E-state index in [0.29, 0.717) is 17.9 Å². The van der Waals surface area contributed by atoms with Crippen LogP contribution in [-0.4, -0.2) is 42.1 Å². The van der Waals surface area contributed by atoms with E-state index in [0.717, 1.165) is 5.56 Å². The number of rotatable bonds is 9. The van der Waals surface area contributed by atoms with Crippen LogP contribution in [0.3, 0.4) is 0 Å². The molecule has 9 heteroatoms. The number of H-pyrrole nitrogens is 1. The van der Waals surface area contributed by atoms with Crippen molar-refractivity contribution in [1.82, 2.24) is 9.97 Å². The predicted octanol–water partition coefficient (Wildman–Crippen LogP) is 2.80. The van der Waals surface area contributed by atoms with E-state index in [-0.39, 0.29) is 36.7 Å². The molecule has 0 saturated heterocycles. The number of ether oxygens (including phenoxy) is 1. The molecule has 2 rings (SSSR count). The minimum Gasteiger partial charge on any atom is -0.469 e. The Morgan fingerprint density at radius 1 is 1.10 bits per heavy atom. The first-order valence-corrected chi connectivity index (χ1v) is 11.4. The lowest BCUT2D eigenvalue weighted by Gasteiger charge is -2.18. The number of anilines is 1. The highest BCUT2D eigenvalue weighted by molar-refractivity contribution is 7.91. The molecule has 0 aliphatic rings. The zero-order valence-electron chi connectivity index (χ0n) is 17.8. The van der Waals surface area contributed by atoms with Crippen LogP contribution in [0.4, 0.5) is 5.82 Å². The second-order valence-corrected chi connectivity index (χ2v) is 10.7. The van der Waals surface area contributed by atoms with Gasteiger partial charge in [0.1, 0.15) is 5.82 Å². The van der Waals surface area contributed by atoms with Gasteiger partial charge in [-0.2, -0.15) is 0 Å². The number of nitrogens with one attached hydrogen (secondary N) is 2. The van der Waals surface area contributed by atoms with Crippen LogP contribution in [-0.2, 0) is 42.8 Å². The first-order chi connectivity index (χ1) is 14.0. The normalized spacial score (nSPS) is 11.9. The van der Waals surface area contributed by atoms with Crippen LogP contribution in [0.5, 0.6) is 0 Å². The minimum atomic E-state index is -3.50. The largest absolute Gasteiger partial charge is 0.469 e. The van der Waals surface area contributed by atoms with E-state index in [4.69, 9.17) is 0 Å². The number of aromatic nitrogens is 2. The summed E-state index contributed by atoms with van der Waals surface area (Å²) in [7, 11) is -2.21. The van der Waals surface area contributed by atoms with Crippen LogP contribution >= 0.6 is 0 Å². The van der Waals surface area contributed by atoms with Gasteiger partial charge in [0.05, 0.1) is 29.7 Å². The zero-order chi connectivity index (χ0) is 22.4. The molecule has 0 bridgehead atoms. The lowest BCUT2D eigenvalue weighted by molar-refractivity contribution is -0.140. The maximum absolute atomic E-state index is 12.7. The molecule has 2 aromatic rings. The molecule has 0 aliphatic carbocycles. The summed E-state index contributed by atoms with van der Waals surface area (Å²) in [6.07, 6.45) is 1.13. The van der Waals surface area contributed by atoms with Gasteiger partial charge in [0.25, 0.3) is 0 Å². The molecule has 30 heavy (non-hydrogen) atoms. The van der Waals surface area contributed by atoms with Crippen LogP contribution in [0.1, 0.15) is 50.7 Å². The van der Waals surface area contributed by atoms with Gasteiger partial charge in [-0.05, 0) is 32.8 Å². The van der Waals surface area contributed by atoms with Crippen LogP contribution in [0.15, 0.2) is 30.3 Å². The fourth-order valence-electron chi connectivity index (χ4n) is 2.62. The van der Waals surface area contributed by atoms with Crippen LogP contribution in [0, 0.1) is 0 Å². The third-order valence-corrected chi connectivity index (χ3v) is 7.16. The first-order valence-electron chi connectivity index (χ1n) is 9.72. The number of imidazole rings is 1. The lowest BCUT2D eigenvalue weighted by atomic mass is 10.1. The van der Waals surface area contributed by atoms with Gasteiger partial charge in [-0.25, -0.2) is 13.4 Å². The summed E-state index contributed by atoms with van der Waals surface area (Å²) in [6.45, 7) is 4.86. The lowest BCUT2D eigenvalue weighted by Crippen LogP contribution is -2.29. The molecule has 0 aliphatic heterocycles. The number of amides is 1. The number of carbonyl (C=O) groups excluding carboxylic acids is 2. The van der Waals surface area contributed by atoms with Crippen molar-refractivity contribution in [2.45, 2.75) is 57.0 Å². The summed E-state index contributed by atoms with van der Waals surface area (Å²) in [5, 5.41) is 2.71. The molecule has 1 amide bonds. The third-order valence-electron chi connectivity index (χ3n) is 4.63. The van der Waals surface area contributed by atoms with Crippen molar-refractivity contribution < 1.29 is 22.7 Å². The van der Waals surface area contributed by atoms with Gasteiger partial charge in [-0.3, -0.25) is 9.59 Å². The van der Waals surface area contributed by atoms with Gasteiger partial charge in [-0.1, -0.05) is 30.3 Å². The van der Waals surface area contributed by atoms with Gasteiger partial charge in [0, 0.05) is 12.8 Å². The van der Waals surface area contributed by atoms with Crippen LogP contribution < -0.4 is 5.32 Å². The molecule has 0 saturated carbocycles.